The summed E-state index contributed by atoms with van der Waals surface area (Å²) >= 11 is 1.19. The average Bonchev–Trinajstić information content (AvgIpc) is 3.44. The van der Waals surface area contributed by atoms with Crippen molar-refractivity contribution >= 4 is 46.5 Å². The van der Waals surface area contributed by atoms with Crippen LogP contribution in [-0.2, 0) is 11.3 Å². The molecule has 1 aromatic heterocycles. The van der Waals surface area contributed by atoms with E-state index in [0.717, 1.165) is 11.3 Å². The molecule has 0 N–H and O–H groups in total. The van der Waals surface area contributed by atoms with Crippen molar-refractivity contribution in [3.63, 3.8) is 0 Å². The number of non-ortho nitro benzene ring substituents is 1. The summed E-state index contributed by atoms with van der Waals surface area (Å²) in [5.74, 6) is 0.366. The molecule has 0 atom stereocenters. The van der Waals surface area contributed by atoms with Crippen LogP contribution in [0, 0.1) is 10.1 Å². The van der Waals surface area contributed by atoms with Crippen molar-refractivity contribution in [2.45, 2.75) is 6.54 Å². The van der Waals surface area contributed by atoms with E-state index < -0.39 is 4.92 Å². The highest BCUT2D eigenvalue weighted by molar-refractivity contribution is 8.18. The maximum atomic E-state index is 13.1. The quantitative estimate of drug-likeness (QED) is 0.211. The molecule has 1 saturated heterocycles. The summed E-state index contributed by atoms with van der Waals surface area (Å²) in [5, 5.41) is 19.8. The molecule has 0 radical (unpaired) electrons. The second-order valence-electron chi connectivity index (χ2n) is 7.54. The minimum atomic E-state index is -0.464. The van der Waals surface area contributed by atoms with E-state index in [0.29, 0.717) is 21.4 Å². The second kappa shape index (κ2) is 10.2. The number of anilines is 1. The molecule has 3 aromatic rings. The van der Waals surface area contributed by atoms with Crippen LogP contribution in [-0.4, -0.2) is 41.2 Å². The number of nitro groups is 1. The number of amidine groups is 1. The zero-order valence-corrected chi connectivity index (χ0v) is 19.3. The zero-order valence-electron chi connectivity index (χ0n) is 18.5. The highest BCUT2D eigenvalue weighted by atomic mass is 32.2. The normalized spacial score (nSPS) is 16.2. The van der Waals surface area contributed by atoms with Gasteiger partial charge in [0.25, 0.3) is 11.6 Å². The summed E-state index contributed by atoms with van der Waals surface area (Å²) in [6, 6.07) is 17.4. The van der Waals surface area contributed by atoms with Crippen LogP contribution in [0.25, 0.3) is 6.08 Å². The SMILES string of the molecule is CN(C)c1ccc(/C=N\N=C2\S/C(=C\c3ccc([N+](=O)[O-])cc3)C(=O)N2Cc2ccco2)cc1. The Labute approximate surface area is 200 Å². The highest BCUT2D eigenvalue weighted by Crippen LogP contribution is 2.34. The number of nitrogens with zero attached hydrogens (tertiary/aromatic N) is 5. The van der Waals surface area contributed by atoms with Crippen molar-refractivity contribution in [1.82, 2.24) is 4.90 Å². The van der Waals surface area contributed by atoms with Crippen molar-refractivity contribution < 1.29 is 14.1 Å². The maximum Gasteiger partial charge on any atom is 0.269 e. The lowest BCUT2D eigenvalue weighted by Gasteiger charge is -2.12. The van der Waals surface area contributed by atoms with Crippen LogP contribution in [0.3, 0.4) is 0 Å². The van der Waals surface area contributed by atoms with Crippen molar-refractivity contribution in [2.24, 2.45) is 10.2 Å². The average molecular weight is 476 g/mol. The van der Waals surface area contributed by atoms with Crippen molar-refractivity contribution in [2.75, 3.05) is 19.0 Å². The predicted octanol–water partition coefficient (Wildman–Crippen LogP) is 4.76. The Hall–Kier alpha value is -4.18. The van der Waals surface area contributed by atoms with E-state index in [-0.39, 0.29) is 18.1 Å². The lowest BCUT2D eigenvalue weighted by Crippen LogP contribution is -2.28. The van der Waals surface area contributed by atoms with Gasteiger partial charge in [0.2, 0.25) is 0 Å². The molecule has 0 unspecified atom stereocenters. The van der Waals surface area contributed by atoms with Gasteiger partial charge in [0, 0.05) is 31.9 Å². The van der Waals surface area contributed by atoms with Gasteiger partial charge in [-0.05, 0) is 65.4 Å². The first-order chi connectivity index (χ1) is 16.4. The molecule has 4 rings (SSSR count). The van der Waals surface area contributed by atoms with Gasteiger partial charge in [0.1, 0.15) is 5.76 Å². The van der Waals surface area contributed by atoms with Crippen LogP contribution < -0.4 is 4.90 Å². The molecule has 1 fully saturated rings. The minimum Gasteiger partial charge on any atom is -0.467 e. The molecular formula is C24H21N5O4S. The molecule has 34 heavy (non-hydrogen) atoms. The van der Waals surface area contributed by atoms with Gasteiger partial charge in [-0.3, -0.25) is 19.8 Å². The maximum absolute atomic E-state index is 13.1. The van der Waals surface area contributed by atoms with Gasteiger partial charge in [-0.15, -0.1) is 5.10 Å². The number of furan rings is 1. The summed E-state index contributed by atoms with van der Waals surface area (Å²) in [6.45, 7) is 0.211. The third kappa shape index (κ3) is 5.41. The molecule has 0 saturated carbocycles. The number of hydrogen-bond acceptors (Lipinski definition) is 8. The molecule has 9 nitrogen and oxygen atoms in total. The van der Waals surface area contributed by atoms with Gasteiger partial charge in [0.05, 0.1) is 28.9 Å². The fourth-order valence-electron chi connectivity index (χ4n) is 3.13. The van der Waals surface area contributed by atoms with Crippen LogP contribution in [0.15, 0.2) is 86.5 Å². The Morgan fingerprint density at radius 2 is 1.79 bits per heavy atom. The zero-order chi connectivity index (χ0) is 24.1. The third-order valence-corrected chi connectivity index (χ3v) is 5.94. The van der Waals surface area contributed by atoms with Crippen molar-refractivity contribution in [3.05, 3.63) is 98.8 Å². The number of carbonyl (C=O) groups excluding carboxylic acids is 1. The molecule has 1 aliphatic rings. The summed E-state index contributed by atoms with van der Waals surface area (Å²) < 4.78 is 5.40. The molecular weight excluding hydrogens is 454 g/mol. The molecule has 10 heteroatoms. The standard InChI is InChI=1S/C24H21N5O4S/c1-27(2)19-9-7-18(8-10-19)15-25-26-24-28(16-21-4-3-13-33-21)23(30)22(34-24)14-17-5-11-20(12-6-17)29(31)32/h3-15H,16H2,1-2H3/b22-14-,25-15-,26-24+. The van der Waals surface area contributed by atoms with Gasteiger partial charge in [-0.1, -0.05) is 12.1 Å². The largest absolute Gasteiger partial charge is 0.467 e. The lowest BCUT2D eigenvalue weighted by molar-refractivity contribution is -0.384. The fraction of sp³-hybridized carbons (Fsp3) is 0.125. The first-order valence-electron chi connectivity index (χ1n) is 10.3. The van der Waals surface area contributed by atoms with E-state index >= 15 is 0 Å². The summed E-state index contributed by atoms with van der Waals surface area (Å²) in [7, 11) is 3.94. The van der Waals surface area contributed by atoms with Gasteiger partial charge in [-0.2, -0.15) is 5.10 Å². The number of carbonyl (C=O) groups is 1. The first-order valence-corrected chi connectivity index (χ1v) is 11.1. The molecule has 1 aliphatic heterocycles. The number of amides is 1. The Balaban J connectivity index is 1.58. The molecule has 0 spiro atoms. The van der Waals surface area contributed by atoms with E-state index in [9.17, 15) is 14.9 Å². The van der Waals surface area contributed by atoms with Crippen LogP contribution in [0.5, 0.6) is 0 Å². The fourth-order valence-corrected chi connectivity index (χ4v) is 4.06. The number of rotatable bonds is 7. The van der Waals surface area contributed by atoms with Crippen LogP contribution in [0.4, 0.5) is 11.4 Å². The summed E-state index contributed by atoms with van der Waals surface area (Å²) in [6.07, 6.45) is 4.85. The number of thioether (sulfide) groups is 1. The second-order valence-corrected chi connectivity index (χ2v) is 8.55. The summed E-state index contributed by atoms with van der Waals surface area (Å²) in [5.41, 5.74) is 2.61. The Bertz CT molecular complexity index is 1260. The van der Waals surface area contributed by atoms with E-state index in [1.807, 2.05) is 43.3 Å². The Kier molecular flexibility index (Phi) is 6.88. The van der Waals surface area contributed by atoms with Crippen LogP contribution >= 0.6 is 11.8 Å². The predicted molar refractivity (Wildman–Crippen MR) is 134 cm³/mol. The van der Waals surface area contributed by atoms with E-state index in [4.69, 9.17) is 4.42 Å². The summed E-state index contributed by atoms with van der Waals surface area (Å²) in [4.78, 5) is 27.5. The van der Waals surface area contributed by atoms with Crippen LogP contribution in [0.1, 0.15) is 16.9 Å². The number of benzene rings is 2. The van der Waals surface area contributed by atoms with E-state index in [1.54, 1.807) is 42.8 Å². The lowest BCUT2D eigenvalue weighted by atomic mass is 10.2. The van der Waals surface area contributed by atoms with Gasteiger partial charge < -0.3 is 9.32 Å². The molecule has 172 valence electrons. The Morgan fingerprint density at radius 3 is 2.41 bits per heavy atom. The first kappa shape index (κ1) is 23.0. The molecule has 0 bridgehead atoms. The molecule has 2 aromatic carbocycles. The number of hydrogen-bond donors (Lipinski definition) is 0. The van der Waals surface area contributed by atoms with Gasteiger partial charge >= 0.3 is 0 Å². The van der Waals surface area contributed by atoms with Gasteiger partial charge in [-0.25, -0.2) is 0 Å². The van der Waals surface area contributed by atoms with E-state index in [2.05, 4.69) is 10.2 Å². The van der Waals surface area contributed by atoms with E-state index in [1.165, 1.54) is 28.8 Å². The Morgan fingerprint density at radius 1 is 1.09 bits per heavy atom. The van der Waals surface area contributed by atoms with Crippen LogP contribution in [0.2, 0.25) is 0 Å². The molecule has 0 aliphatic carbocycles. The third-order valence-electron chi connectivity index (χ3n) is 4.94. The minimum absolute atomic E-state index is 0.0119. The smallest absolute Gasteiger partial charge is 0.269 e. The van der Waals surface area contributed by atoms with Crippen molar-refractivity contribution in [3.8, 4) is 0 Å². The monoisotopic (exact) mass is 475 g/mol. The van der Waals surface area contributed by atoms with Crippen molar-refractivity contribution in [1.29, 1.82) is 0 Å². The topological polar surface area (TPSA) is 105 Å². The molecule has 2 heterocycles. The molecule has 1 amide bonds. The number of nitro benzene ring substituents is 1. The van der Waals surface area contributed by atoms with Gasteiger partial charge in [0.15, 0.2) is 5.17 Å². The highest BCUT2D eigenvalue weighted by Gasteiger charge is 2.34.